The molecular formula is C27H33N3O3. The number of anilines is 2. The van der Waals surface area contributed by atoms with Gasteiger partial charge in [0, 0.05) is 38.6 Å². The highest BCUT2D eigenvalue weighted by molar-refractivity contribution is 6.02. The van der Waals surface area contributed by atoms with Gasteiger partial charge < -0.3 is 19.5 Å². The fourth-order valence-electron chi connectivity index (χ4n) is 4.03. The minimum atomic E-state index is -0.305. The lowest BCUT2D eigenvalue weighted by molar-refractivity contribution is -0.133. The molecule has 0 aliphatic rings. The Hall–Kier alpha value is -3.54. The monoisotopic (exact) mass is 447 g/mol. The molecule has 0 aliphatic carbocycles. The first-order valence-electron chi connectivity index (χ1n) is 11.4. The zero-order valence-electron chi connectivity index (χ0n) is 19.9. The summed E-state index contributed by atoms with van der Waals surface area (Å²) in [5, 5.41) is 2.89. The number of furan rings is 1. The quantitative estimate of drug-likeness (QED) is 0.444. The fraction of sp³-hybridized carbons (Fsp3) is 0.333. The summed E-state index contributed by atoms with van der Waals surface area (Å²) in [6, 6.07) is 19.0. The molecule has 0 saturated carbocycles. The first-order chi connectivity index (χ1) is 15.9. The van der Waals surface area contributed by atoms with E-state index in [0.717, 1.165) is 29.7 Å². The van der Waals surface area contributed by atoms with Crippen molar-refractivity contribution in [2.24, 2.45) is 0 Å². The maximum absolute atomic E-state index is 13.6. The first-order valence-corrected chi connectivity index (χ1v) is 11.4. The molecule has 174 valence electrons. The van der Waals surface area contributed by atoms with Crippen LogP contribution in [0.1, 0.15) is 54.3 Å². The van der Waals surface area contributed by atoms with Crippen molar-refractivity contribution in [3.8, 4) is 0 Å². The maximum atomic E-state index is 13.6. The number of hydrogen-bond donors (Lipinski definition) is 1. The fourth-order valence-corrected chi connectivity index (χ4v) is 4.03. The molecule has 3 aromatic rings. The molecule has 1 aromatic heterocycles. The summed E-state index contributed by atoms with van der Waals surface area (Å²) in [6.45, 7) is 5.26. The Morgan fingerprint density at radius 2 is 1.76 bits per heavy atom. The van der Waals surface area contributed by atoms with E-state index in [1.165, 1.54) is 6.26 Å². The van der Waals surface area contributed by atoms with Crippen molar-refractivity contribution in [3.05, 3.63) is 83.8 Å². The number of carbonyl (C=O) groups is 2. The minimum Gasteiger partial charge on any atom is -0.459 e. The second kappa shape index (κ2) is 11.4. The Morgan fingerprint density at radius 1 is 1.00 bits per heavy atom. The van der Waals surface area contributed by atoms with Crippen molar-refractivity contribution in [3.63, 3.8) is 0 Å². The molecule has 1 atom stereocenters. The summed E-state index contributed by atoms with van der Waals surface area (Å²) in [4.78, 5) is 30.0. The van der Waals surface area contributed by atoms with E-state index in [-0.39, 0.29) is 23.5 Å². The molecule has 33 heavy (non-hydrogen) atoms. The molecular weight excluding hydrogens is 414 g/mol. The van der Waals surface area contributed by atoms with Gasteiger partial charge >= 0.3 is 0 Å². The van der Waals surface area contributed by atoms with Crippen LogP contribution in [0.3, 0.4) is 0 Å². The van der Waals surface area contributed by atoms with Gasteiger partial charge in [-0.2, -0.15) is 0 Å². The summed E-state index contributed by atoms with van der Waals surface area (Å²) in [5.41, 5.74) is 3.68. The Morgan fingerprint density at radius 3 is 2.36 bits per heavy atom. The van der Waals surface area contributed by atoms with Gasteiger partial charge in [-0.25, -0.2) is 0 Å². The number of benzene rings is 2. The number of amides is 2. The zero-order valence-corrected chi connectivity index (χ0v) is 19.9. The van der Waals surface area contributed by atoms with Crippen LogP contribution in [0.5, 0.6) is 0 Å². The van der Waals surface area contributed by atoms with Crippen LogP contribution >= 0.6 is 0 Å². The largest absolute Gasteiger partial charge is 0.459 e. The van der Waals surface area contributed by atoms with E-state index in [1.54, 1.807) is 12.1 Å². The van der Waals surface area contributed by atoms with Crippen molar-refractivity contribution >= 4 is 23.2 Å². The van der Waals surface area contributed by atoms with Crippen LogP contribution in [0.4, 0.5) is 11.4 Å². The second-order valence-corrected chi connectivity index (χ2v) is 8.30. The van der Waals surface area contributed by atoms with Gasteiger partial charge in [0.15, 0.2) is 5.76 Å². The second-order valence-electron chi connectivity index (χ2n) is 8.30. The summed E-state index contributed by atoms with van der Waals surface area (Å²) in [6.07, 6.45) is 3.08. The van der Waals surface area contributed by atoms with Crippen LogP contribution in [-0.4, -0.2) is 37.4 Å². The molecule has 3 rings (SSSR count). The summed E-state index contributed by atoms with van der Waals surface area (Å²) >= 11 is 0. The van der Waals surface area contributed by atoms with E-state index in [4.69, 9.17) is 4.42 Å². The third-order valence-corrected chi connectivity index (χ3v) is 5.64. The zero-order chi connectivity index (χ0) is 23.8. The molecule has 2 aromatic carbocycles. The molecule has 0 radical (unpaired) electrons. The minimum absolute atomic E-state index is 0.125. The molecule has 1 heterocycles. The van der Waals surface area contributed by atoms with Crippen molar-refractivity contribution in [2.75, 3.05) is 30.9 Å². The smallest absolute Gasteiger partial charge is 0.291 e. The van der Waals surface area contributed by atoms with Gasteiger partial charge in [-0.3, -0.25) is 9.59 Å². The normalized spacial score (nSPS) is 11.6. The van der Waals surface area contributed by atoms with Crippen LogP contribution in [0.2, 0.25) is 0 Å². The highest BCUT2D eigenvalue weighted by Gasteiger charge is 2.25. The SMILES string of the molecule is CCCN(Cc1cc(NC(=O)c2ccco2)ccc1N(C)C)C(=O)[C@H](CC)c1ccccc1. The van der Waals surface area contributed by atoms with Crippen LogP contribution in [-0.2, 0) is 11.3 Å². The highest BCUT2D eigenvalue weighted by atomic mass is 16.3. The van der Waals surface area contributed by atoms with Crippen LogP contribution in [0.15, 0.2) is 71.3 Å². The third-order valence-electron chi connectivity index (χ3n) is 5.64. The van der Waals surface area contributed by atoms with E-state index in [1.807, 2.05) is 72.4 Å². The van der Waals surface area contributed by atoms with Gasteiger partial charge in [0.05, 0.1) is 12.2 Å². The van der Waals surface area contributed by atoms with E-state index < -0.39 is 0 Å². The van der Waals surface area contributed by atoms with Gasteiger partial charge in [-0.05, 0) is 54.3 Å². The molecule has 0 saturated heterocycles. The van der Waals surface area contributed by atoms with Crippen LogP contribution < -0.4 is 10.2 Å². The van der Waals surface area contributed by atoms with Crippen LogP contribution in [0, 0.1) is 0 Å². The molecule has 6 heteroatoms. The Labute approximate surface area is 196 Å². The molecule has 0 unspecified atom stereocenters. The van der Waals surface area contributed by atoms with Crippen molar-refractivity contribution in [1.82, 2.24) is 4.90 Å². The predicted molar refractivity (Wildman–Crippen MR) is 133 cm³/mol. The maximum Gasteiger partial charge on any atom is 0.291 e. The van der Waals surface area contributed by atoms with E-state index in [0.29, 0.717) is 18.8 Å². The Bertz CT molecular complexity index is 1050. The number of carbonyl (C=O) groups excluding carboxylic acids is 2. The molecule has 0 aliphatic heterocycles. The lowest BCUT2D eigenvalue weighted by atomic mass is 9.94. The Balaban J connectivity index is 1.88. The Kier molecular flexibility index (Phi) is 8.30. The highest BCUT2D eigenvalue weighted by Crippen LogP contribution is 2.28. The first kappa shape index (κ1) is 24.1. The lowest BCUT2D eigenvalue weighted by Gasteiger charge is -2.29. The number of rotatable bonds is 10. The number of hydrogen-bond acceptors (Lipinski definition) is 4. The van der Waals surface area contributed by atoms with Crippen molar-refractivity contribution < 1.29 is 14.0 Å². The average Bonchev–Trinajstić information content (AvgIpc) is 3.35. The number of nitrogens with zero attached hydrogens (tertiary/aromatic N) is 2. The third kappa shape index (κ3) is 6.04. The number of nitrogens with one attached hydrogen (secondary N) is 1. The average molecular weight is 448 g/mol. The predicted octanol–water partition coefficient (Wildman–Crippen LogP) is 5.53. The van der Waals surface area contributed by atoms with Gasteiger partial charge in [0.25, 0.3) is 5.91 Å². The summed E-state index contributed by atoms with van der Waals surface area (Å²) in [5.74, 6) is -0.104. The molecule has 0 fully saturated rings. The van der Waals surface area contributed by atoms with E-state index in [2.05, 4.69) is 19.2 Å². The van der Waals surface area contributed by atoms with Gasteiger partial charge in [-0.1, -0.05) is 44.2 Å². The standard InChI is InChI=1S/C27H33N3O3/c1-5-16-30(27(32)23(6-2)20-11-8-7-9-12-20)19-21-18-22(14-15-24(21)29(3)4)28-26(31)25-13-10-17-33-25/h7-15,17-18,23H,5-6,16,19H2,1-4H3,(H,28,31)/t23-/m1/s1. The molecule has 2 amide bonds. The van der Waals surface area contributed by atoms with Gasteiger partial charge in [0.1, 0.15) is 0 Å². The lowest BCUT2D eigenvalue weighted by Crippen LogP contribution is -2.35. The van der Waals surface area contributed by atoms with Gasteiger partial charge in [0.2, 0.25) is 5.91 Å². The summed E-state index contributed by atoms with van der Waals surface area (Å²) < 4.78 is 5.20. The molecule has 0 bridgehead atoms. The summed E-state index contributed by atoms with van der Waals surface area (Å²) in [7, 11) is 3.95. The van der Waals surface area contributed by atoms with Crippen molar-refractivity contribution in [2.45, 2.75) is 39.2 Å². The van der Waals surface area contributed by atoms with Gasteiger partial charge in [-0.15, -0.1) is 0 Å². The molecule has 1 N–H and O–H groups in total. The van der Waals surface area contributed by atoms with Crippen LogP contribution in [0.25, 0.3) is 0 Å². The molecule has 0 spiro atoms. The molecule has 6 nitrogen and oxygen atoms in total. The van der Waals surface area contributed by atoms with E-state index in [9.17, 15) is 9.59 Å². The topological polar surface area (TPSA) is 65.8 Å². The van der Waals surface area contributed by atoms with E-state index >= 15 is 0 Å². The van der Waals surface area contributed by atoms with Crippen molar-refractivity contribution in [1.29, 1.82) is 0 Å².